The molecule has 2 atom stereocenters. The number of nitriles is 1. The number of anilines is 3. The summed E-state index contributed by atoms with van der Waals surface area (Å²) in [5.41, 5.74) is 1.14. The Hall–Kier alpha value is -2.79. The van der Waals surface area contributed by atoms with E-state index in [-0.39, 0.29) is 23.3 Å². The van der Waals surface area contributed by atoms with E-state index in [4.69, 9.17) is 0 Å². The highest BCUT2D eigenvalue weighted by Gasteiger charge is 2.45. The number of hydrogen-bond acceptors (Lipinski definition) is 5. The Morgan fingerprint density at radius 3 is 2.93 bits per heavy atom. The Balaban J connectivity index is 1.83. The maximum Gasteiger partial charge on any atom is 0.418 e. The average molecular weight is 373 g/mol. The molecule has 0 radical (unpaired) electrons. The van der Waals surface area contributed by atoms with E-state index in [9.17, 15) is 18.4 Å². The molecule has 4 rings (SSSR count). The van der Waals surface area contributed by atoms with Gasteiger partial charge < -0.3 is 15.5 Å². The van der Waals surface area contributed by atoms with Crippen molar-refractivity contribution >= 4 is 17.1 Å². The molecule has 0 saturated carbocycles. The largest absolute Gasteiger partial charge is 0.418 e. The van der Waals surface area contributed by atoms with E-state index in [0.29, 0.717) is 23.5 Å². The number of aromatic nitrogens is 1. The molecule has 2 aliphatic heterocycles. The van der Waals surface area contributed by atoms with Gasteiger partial charge in [0.15, 0.2) is 5.69 Å². The fraction of sp³-hybridized carbons (Fsp3) is 0.368. The number of halogens is 3. The molecule has 1 aromatic carbocycles. The van der Waals surface area contributed by atoms with Crippen molar-refractivity contribution in [2.45, 2.75) is 24.6 Å². The smallest absolute Gasteiger partial charge is 0.370 e. The summed E-state index contributed by atoms with van der Waals surface area (Å²) in [6, 6.07) is 8.17. The van der Waals surface area contributed by atoms with Crippen LogP contribution in [0.4, 0.5) is 30.2 Å². The van der Waals surface area contributed by atoms with E-state index in [1.807, 2.05) is 6.07 Å². The number of nitrogens with one attached hydrogen (secondary N) is 2. The molecule has 5 nitrogen and oxygen atoms in total. The molecule has 1 saturated heterocycles. The van der Waals surface area contributed by atoms with Crippen molar-refractivity contribution in [3.05, 3.63) is 47.3 Å². The lowest BCUT2D eigenvalue weighted by atomic mass is 9.89. The standard InChI is InChI=1S/C19H18F3N5/c1-27-17-4-6-24-10-13(17)12-7-11(8-14(18(12)27)19(20,21)22)26-15-3-2-5-25-16(15)9-23/h2-3,5,7-8,13,17,24,26H,4,6,10H2,1H3/t13-,17-/m1/s1. The highest BCUT2D eigenvalue weighted by molar-refractivity contribution is 5.75. The molecule has 140 valence electrons. The normalized spacial score (nSPS) is 21.4. The first-order valence-electron chi connectivity index (χ1n) is 8.71. The van der Waals surface area contributed by atoms with E-state index >= 15 is 0 Å². The molecule has 0 spiro atoms. The third-order valence-corrected chi connectivity index (χ3v) is 5.33. The summed E-state index contributed by atoms with van der Waals surface area (Å²) >= 11 is 0. The van der Waals surface area contributed by atoms with Gasteiger partial charge in [-0.2, -0.15) is 18.4 Å². The number of benzene rings is 1. The van der Waals surface area contributed by atoms with Gasteiger partial charge in [0.05, 0.1) is 16.9 Å². The summed E-state index contributed by atoms with van der Waals surface area (Å²) in [7, 11) is 1.74. The summed E-state index contributed by atoms with van der Waals surface area (Å²) in [4.78, 5) is 5.73. The Labute approximate surface area is 154 Å². The van der Waals surface area contributed by atoms with Crippen LogP contribution < -0.4 is 15.5 Å². The van der Waals surface area contributed by atoms with Crippen LogP contribution in [-0.4, -0.2) is 31.2 Å². The van der Waals surface area contributed by atoms with Gasteiger partial charge in [-0.1, -0.05) is 0 Å². The first-order chi connectivity index (χ1) is 12.9. The summed E-state index contributed by atoms with van der Waals surface area (Å²) in [5, 5.41) is 15.4. The first kappa shape index (κ1) is 17.6. The maximum absolute atomic E-state index is 13.8. The molecule has 27 heavy (non-hydrogen) atoms. The summed E-state index contributed by atoms with van der Waals surface area (Å²) < 4.78 is 41.5. The van der Waals surface area contributed by atoms with Crippen molar-refractivity contribution in [1.29, 1.82) is 5.26 Å². The van der Waals surface area contributed by atoms with E-state index in [1.54, 1.807) is 30.1 Å². The molecular weight excluding hydrogens is 355 g/mol. The molecule has 0 amide bonds. The van der Waals surface area contributed by atoms with E-state index in [0.717, 1.165) is 19.0 Å². The summed E-state index contributed by atoms with van der Waals surface area (Å²) in [6.45, 7) is 1.45. The van der Waals surface area contributed by atoms with E-state index in [1.165, 1.54) is 6.20 Å². The van der Waals surface area contributed by atoms with Crippen molar-refractivity contribution in [2.24, 2.45) is 0 Å². The minimum absolute atomic E-state index is 0.00550. The van der Waals surface area contributed by atoms with Gasteiger partial charge in [0.2, 0.25) is 0 Å². The Bertz CT molecular complexity index is 919. The van der Waals surface area contributed by atoms with Crippen molar-refractivity contribution in [3.63, 3.8) is 0 Å². The lowest BCUT2D eigenvalue weighted by Crippen LogP contribution is -2.42. The van der Waals surface area contributed by atoms with Crippen molar-refractivity contribution < 1.29 is 13.2 Å². The van der Waals surface area contributed by atoms with Crippen molar-refractivity contribution in [1.82, 2.24) is 10.3 Å². The van der Waals surface area contributed by atoms with Crippen molar-refractivity contribution in [2.75, 3.05) is 30.4 Å². The second-order valence-electron chi connectivity index (χ2n) is 6.87. The van der Waals surface area contributed by atoms with Crippen LogP contribution in [0.3, 0.4) is 0 Å². The molecule has 1 aromatic heterocycles. The third kappa shape index (κ3) is 2.98. The zero-order valence-corrected chi connectivity index (χ0v) is 14.6. The molecule has 8 heteroatoms. The van der Waals surface area contributed by atoms with Crippen molar-refractivity contribution in [3.8, 4) is 6.07 Å². The zero-order valence-electron chi connectivity index (χ0n) is 14.6. The van der Waals surface area contributed by atoms with Gasteiger partial charge >= 0.3 is 6.18 Å². The zero-order chi connectivity index (χ0) is 19.2. The fourth-order valence-electron chi connectivity index (χ4n) is 4.16. The average Bonchev–Trinajstić information content (AvgIpc) is 2.94. The molecule has 2 aromatic rings. The highest BCUT2D eigenvalue weighted by Crippen LogP contribution is 2.50. The first-order valence-corrected chi connectivity index (χ1v) is 8.71. The lowest BCUT2D eigenvalue weighted by molar-refractivity contribution is -0.137. The van der Waals surface area contributed by atoms with E-state index < -0.39 is 11.7 Å². The third-order valence-electron chi connectivity index (χ3n) is 5.33. The maximum atomic E-state index is 13.8. The SMILES string of the molecule is CN1c2c(cc(Nc3cccnc3C#N)cc2C(F)(F)F)[C@H]2CNCC[C@H]21. The van der Waals surface area contributed by atoms with Crippen LogP contribution in [-0.2, 0) is 6.18 Å². The molecule has 0 aliphatic carbocycles. The number of alkyl halides is 3. The molecule has 3 heterocycles. The Kier molecular flexibility index (Phi) is 4.19. The number of likely N-dealkylation sites (N-methyl/N-ethyl adjacent to an activating group) is 1. The van der Waals surface area contributed by atoms with Crippen LogP contribution in [0.2, 0.25) is 0 Å². The van der Waals surface area contributed by atoms with Crippen LogP contribution >= 0.6 is 0 Å². The number of fused-ring (bicyclic) bond motifs is 3. The van der Waals surface area contributed by atoms with Crippen LogP contribution in [0, 0.1) is 11.3 Å². The Morgan fingerprint density at radius 1 is 1.37 bits per heavy atom. The predicted molar refractivity (Wildman–Crippen MR) is 96.1 cm³/mol. The number of hydrogen-bond donors (Lipinski definition) is 2. The number of pyridine rings is 1. The highest BCUT2D eigenvalue weighted by atomic mass is 19.4. The van der Waals surface area contributed by atoms with Crippen LogP contribution in [0.5, 0.6) is 0 Å². The fourth-order valence-corrected chi connectivity index (χ4v) is 4.16. The minimum atomic E-state index is -4.47. The minimum Gasteiger partial charge on any atom is -0.370 e. The van der Waals surface area contributed by atoms with Gasteiger partial charge in [-0.3, -0.25) is 0 Å². The topological polar surface area (TPSA) is 64.0 Å². The van der Waals surface area contributed by atoms with Gasteiger partial charge in [0.1, 0.15) is 6.07 Å². The summed E-state index contributed by atoms with van der Waals surface area (Å²) in [5.74, 6) is 0.00550. The van der Waals surface area contributed by atoms with Crippen LogP contribution in [0.15, 0.2) is 30.5 Å². The molecular formula is C19H18F3N5. The number of piperidine rings is 1. The second kappa shape index (κ2) is 6.43. The Morgan fingerprint density at radius 2 is 2.19 bits per heavy atom. The predicted octanol–water partition coefficient (Wildman–Crippen LogP) is 3.61. The van der Waals surface area contributed by atoms with Gasteiger partial charge in [-0.05, 0) is 42.8 Å². The molecule has 2 aliphatic rings. The number of rotatable bonds is 2. The molecule has 0 unspecified atom stereocenters. The van der Waals surface area contributed by atoms with Gasteiger partial charge in [-0.25, -0.2) is 4.98 Å². The van der Waals surface area contributed by atoms with Crippen LogP contribution in [0.25, 0.3) is 0 Å². The molecule has 0 bridgehead atoms. The number of nitrogens with zero attached hydrogens (tertiary/aromatic N) is 3. The van der Waals surface area contributed by atoms with Gasteiger partial charge in [0, 0.05) is 37.4 Å². The lowest BCUT2D eigenvalue weighted by Gasteiger charge is -2.31. The van der Waals surface area contributed by atoms with Gasteiger partial charge in [0.25, 0.3) is 0 Å². The monoisotopic (exact) mass is 373 g/mol. The second-order valence-corrected chi connectivity index (χ2v) is 6.87. The van der Waals surface area contributed by atoms with E-state index in [2.05, 4.69) is 15.6 Å². The van der Waals surface area contributed by atoms with Gasteiger partial charge in [-0.15, -0.1) is 0 Å². The van der Waals surface area contributed by atoms with Crippen LogP contribution in [0.1, 0.15) is 29.2 Å². The summed E-state index contributed by atoms with van der Waals surface area (Å²) in [6.07, 6.45) is -2.19. The molecule has 1 fully saturated rings. The molecule has 2 N–H and O–H groups in total. The quantitative estimate of drug-likeness (QED) is 0.842.